The lowest BCUT2D eigenvalue weighted by molar-refractivity contribution is -0.384. The summed E-state index contributed by atoms with van der Waals surface area (Å²) in [5.74, 6) is 0. The fourth-order valence-corrected chi connectivity index (χ4v) is 4.71. The van der Waals surface area contributed by atoms with Gasteiger partial charge in [-0.2, -0.15) is 5.10 Å². The third-order valence-electron chi connectivity index (χ3n) is 6.53. The summed E-state index contributed by atoms with van der Waals surface area (Å²) in [4.78, 5) is 13.3. The normalized spacial score (nSPS) is 14.7. The van der Waals surface area contributed by atoms with E-state index in [1.807, 2.05) is 30.3 Å². The molecule has 1 aliphatic rings. The Balaban J connectivity index is 1.39. The highest BCUT2D eigenvalue weighted by Crippen LogP contribution is 2.29. The Morgan fingerprint density at radius 1 is 0.667 bits per heavy atom. The van der Waals surface area contributed by atoms with Crippen molar-refractivity contribution in [2.45, 2.75) is 6.04 Å². The SMILES string of the molecule is O=[N+]([O-])c1ccc(/C(=N/N2CCN(C(c3ccccc3)c3ccccc3)CC2)c2ccccc2)cc1. The van der Waals surface area contributed by atoms with Crippen LogP contribution >= 0.6 is 0 Å². The minimum atomic E-state index is -0.377. The number of hydrazone groups is 1. The Kier molecular flexibility index (Phi) is 7.15. The quantitative estimate of drug-likeness (QED) is 0.193. The molecule has 0 aromatic heterocycles. The fraction of sp³-hybridized carbons (Fsp3) is 0.167. The van der Waals surface area contributed by atoms with Gasteiger partial charge in [0.15, 0.2) is 0 Å². The predicted molar refractivity (Wildman–Crippen MR) is 143 cm³/mol. The maximum atomic E-state index is 11.1. The minimum absolute atomic E-state index is 0.0765. The summed E-state index contributed by atoms with van der Waals surface area (Å²) in [5.41, 5.74) is 5.32. The highest BCUT2D eigenvalue weighted by atomic mass is 16.6. The molecule has 5 rings (SSSR count). The van der Waals surface area contributed by atoms with Gasteiger partial charge in [0.2, 0.25) is 0 Å². The van der Waals surface area contributed by atoms with E-state index in [0.29, 0.717) is 0 Å². The van der Waals surface area contributed by atoms with Crippen LogP contribution in [0.2, 0.25) is 0 Å². The first kappa shape index (κ1) is 23.5. The van der Waals surface area contributed by atoms with E-state index in [1.54, 1.807) is 12.1 Å². The van der Waals surface area contributed by atoms with E-state index in [-0.39, 0.29) is 16.7 Å². The van der Waals surface area contributed by atoms with Crippen molar-refractivity contribution in [3.63, 3.8) is 0 Å². The van der Waals surface area contributed by atoms with Crippen molar-refractivity contribution in [2.75, 3.05) is 26.2 Å². The predicted octanol–water partition coefficient (Wildman–Crippen LogP) is 5.75. The first-order valence-electron chi connectivity index (χ1n) is 12.2. The number of non-ortho nitro benzene ring substituents is 1. The summed E-state index contributed by atoms with van der Waals surface area (Å²) in [6, 6.07) is 38.1. The van der Waals surface area contributed by atoms with Crippen molar-refractivity contribution < 1.29 is 4.92 Å². The third-order valence-corrected chi connectivity index (χ3v) is 6.53. The number of piperazine rings is 1. The molecule has 36 heavy (non-hydrogen) atoms. The van der Waals surface area contributed by atoms with Gasteiger partial charge in [0.1, 0.15) is 0 Å². The highest BCUT2D eigenvalue weighted by molar-refractivity contribution is 6.12. The molecule has 1 fully saturated rings. The smallest absolute Gasteiger partial charge is 0.269 e. The number of nitro benzene ring substituents is 1. The van der Waals surface area contributed by atoms with Gasteiger partial charge < -0.3 is 0 Å². The van der Waals surface area contributed by atoms with E-state index in [2.05, 4.69) is 70.6 Å². The molecule has 0 atom stereocenters. The van der Waals surface area contributed by atoms with Crippen molar-refractivity contribution >= 4 is 11.4 Å². The molecule has 4 aromatic rings. The second-order valence-corrected chi connectivity index (χ2v) is 8.83. The van der Waals surface area contributed by atoms with Crippen LogP contribution in [0.4, 0.5) is 5.69 Å². The van der Waals surface area contributed by atoms with Crippen molar-refractivity contribution in [3.05, 3.63) is 148 Å². The first-order chi connectivity index (χ1) is 17.7. The van der Waals surface area contributed by atoms with Crippen molar-refractivity contribution in [2.24, 2.45) is 5.10 Å². The second-order valence-electron chi connectivity index (χ2n) is 8.83. The summed E-state index contributed by atoms with van der Waals surface area (Å²) in [7, 11) is 0. The molecule has 0 amide bonds. The summed E-state index contributed by atoms with van der Waals surface area (Å²) in [5, 5.41) is 18.3. The largest absolute Gasteiger partial charge is 0.294 e. The Hall–Kier alpha value is -4.29. The van der Waals surface area contributed by atoms with Crippen molar-refractivity contribution in [3.8, 4) is 0 Å². The molecule has 6 nitrogen and oxygen atoms in total. The molecule has 0 N–H and O–H groups in total. The number of rotatable bonds is 7. The fourth-order valence-electron chi connectivity index (χ4n) is 4.71. The number of benzene rings is 4. The van der Waals surface area contributed by atoms with Gasteiger partial charge in [-0.05, 0) is 23.3 Å². The molecule has 0 saturated carbocycles. The van der Waals surface area contributed by atoms with E-state index in [0.717, 1.165) is 43.0 Å². The van der Waals surface area contributed by atoms with Crippen LogP contribution in [-0.4, -0.2) is 46.7 Å². The van der Waals surface area contributed by atoms with Crippen LogP contribution < -0.4 is 0 Å². The van der Waals surface area contributed by atoms with Crippen LogP contribution in [0, 0.1) is 10.1 Å². The molecule has 1 aliphatic heterocycles. The molecule has 1 saturated heterocycles. The van der Waals surface area contributed by atoms with Crippen LogP contribution in [0.1, 0.15) is 28.3 Å². The first-order valence-corrected chi connectivity index (χ1v) is 12.2. The van der Waals surface area contributed by atoms with Gasteiger partial charge in [-0.3, -0.25) is 20.0 Å². The second kappa shape index (κ2) is 11.0. The summed E-state index contributed by atoms with van der Waals surface area (Å²) < 4.78 is 0. The van der Waals surface area contributed by atoms with E-state index in [9.17, 15) is 10.1 Å². The summed E-state index contributed by atoms with van der Waals surface area (Å²) in [6.07, 6.45) is 0. The molecule has 1 heterocycles. The van der Waals surface area contributed by atoms with Gasteiger partial charge in [-0.25, -0.2) is 0 Å². The van der Waals surface area contributed by atoms with Crippen molar-refractivity contribution in [1.82, 2.24) is 9.91 Å². The standard InChI is InChI=1S/C30H28N4O2/c35-34(36)28-18-16-25(17-19-28)29(24-10-4-1-5-11-24)31-33-22-20-32(21-23-33)30(26-12-6-2-7-13-26)27-14-8-3-9-15-27/h1-19,30H,20-23H2/b31-29+. The number of hydrogen-bond acceptors (Lipinski definition) is 5. The van der Waals surface area contributed by atoms with Gasteiger partial charge in [-0.15, -0.1) is 0 Å². The van der Waals surface area contributed by atoms with Crippen molar-refractivity contribution in [1.29, 1.82) is 0 Å². The Morgan fingerprint density at radius 3 is 1.64 bits per heavy atom. The average molecular weight is 477 g/mol. The molecule has 0 radical (unpaired) electrons. The molecule has 0 bridgehead atoms. The zero-order valence-corrected chi connectivity index (χ0v) is 20.0. The van der Waals surface area contributed by atoms with Crippen LogP contribution in [0.15, 0.2) is 120 Å². The number of nitro groups is 1. The topological polar surface area (TPSA) is 62.0 Å². The van der Waals surface area contributed by atoms with Crippen LogP contribution in [0.25, 0.3) is 0 Å². The molecule has 4 aromatic carbocycles. The van der Waals surface area contributed by atoms with Crippen LogP contribution in [0.3, 0.4) is 0 Å². The Labute approximate surface area is 211 Å². The minimum Gasteiger partial charge on any atom is -0.294 e. The van der Waals surface area contributed by atoms with Gasteiger partial charge in [0.25, 0.3) is 5.69 Å². The van der Waals surface area contributed by atoms with Gasteiger partial charge >= 0.3 is 0 Å². The van der Waals surface area contributed by atoms with Crippen LogP contribution in [-0.2, 0) is 0 Å². The lowest BCUT2D eigenvalue weighted by atomic mass is 9.96. The Morgan fingerprint density at radius 2 is 1.14 bits per heavy atom. The summed E-state index contributed by atoms with van der Waals surface area (Å²) in [6.45, 7) is 3.33. The van der Waals surface area contributed by atoms with Gasteiger partial charge in [0, 0.05) is 49.4 Å². The summed E-state index contributed by atoms with van der Waals surface area (Å²) >= 11 is 0. The average Bonchev–Trinajstić information content (AvgIpc) is 2.94. The Bertz CT molecular complexity index is 1260. The number of hydrogen-bond donors (Lipinski definition) is 0. The number of nitrogens with zero attached hydrogens (tertiary/aromatic N) is 4. The van der Waals surface area contributed by atoms with E-state index in [4.69, 9.17) is 5.10 Å². The molecule has 0 spiro atoms. The zero-order chi connectivity index (χ0) is 24.7. The van der Waals surface area contributed by atoms with E-state index < -0.39 is 0 Å². The maximum absolute atomic E-state index is 11.1. The maximum Gasteiger partial charge on any atom is 0.269 e. The highest BCUT2D eigenvalue weighted by Gasteiger charge is 2.26. The monoisotopic (exact) mass is 476 g/mol. The van der Waals surface area contributed by atoms with Gasteiger partial charge in [-0.1, -0.05) is 91.0 Å². The molecule has 6 heteroatoms. The molecule has 0 aliphatic carbocycles. The molecule has 0 unspecified atom stereocenters. The van der Waals surface area contributed by atoms with E-state index in [1.165, 1.54) is 23.3 Å². The van der Waals surface area contributed by atoms with E-state index >= 15 is 0 Å². The third kappa shape index (κ3) is 5.34. The van der Waals surface area contributed by atoms with Gasteiger partial charge in [0.05, 0.1) is 16.7 Å². The van der Waals surface area contributed by atoms with Crippen LogP contribution in [0.5, 0.6) is 0 Å². The molecular formula is C30H28N4O2. The molecular weight excluding hydrogens is 448 g/mol. The lowest BCUT2D eigenvalue weighted by Gasteiger charge is -2.39. The zero-order valence-electron chi connectivity index (χ0n) is 20.0. The lowest BCUT2D eigenvalue weighted by Crippen LogP contribution is -2.46. The molecule has 180 valence electrons.